The Hall–Kier alpha value is -2.59. The average Bonchev–Trinajstić information content (AvgIpc) is 2.66. The van der Waals surface area contributed by atoms with Crippen molar-refractivity contribution >= 4 is 24.6 Å². The van der Waals surface area contributed by atoms with Crippen molar-refractivity contribution < 1.29 is 28.2 Å². The van der Waals surface area contributed by atoms with E-state index in [0.29, 0.717) is 11.1 Å². The molecular formula is C23H27O6P. The van der Waals surface area contributed by atoms with Crippen molar-refractivity contribution in [3.05, 3.63) is 48.5 Å². The molecule has 160 valence electrons. The Bertz CT molecular complexity index is 981. The van der Waals surface area contributed by atoms with E-state index in [0.717, 1.165) is 11.1 Å². The molecule has 2 aromatic rings. The molecule has 1 heterocycles. The minimum absolute atomic E-state index is 0.142. The second-order valence-electron chi connectivity index (χ2n) is 7.89. The quantitative estimate of drug-likeness (QED) is 0.473. The van der Waals surface area contributed by atoms with Gasteiger partial charge in [-0.05, 0) is 45.4 Å². The lowest BCUT2D eigenvalue weighted by atomic mass is 10.0. The van der Waals surface area contributed by atoms with Crippen molar-refractivity contribution in [2.24, 2.45) is 5.92 Å². The predicted octanol–water partition coefficient (Wildman–Crippen LogP) is 4.56. The lowest BCUT2D eigenvalue weighted by Gasteiger charge is -2.30. The van der Waals surface area contributed by atoms with Crippen LogP contribution in [-0.2, 0) is 23.6 Å². The van der Waals surface area contributed by atoms with E-state index in [1.54, 1.807) is 45.9 Å². The minimum Gasteiger partial charge on any atom is -0.463 e. The number of hydrogen-bond donors (Lipinski definition) is 0. The van der Waals surface area contributed by atoms with Gasteiger partial charge in [0.05, 0.1) is 36.0 Å². The smallest absolute Gasteiger partial charge is 0.310 e. The zero-order chi connectivity index (χ0) is 21.9. The third-order valence-electron chi connectivity index (χ3n) is 4.62. The molecule has 0 spiro atoms. The van der Waals surface area contributed by atoms with Gasteiger partial charge >= 0.3 is 11.9 Å². The maximum Gasteiger partial charge on any atom is 0.310 e. The molecule has 0 saturated carbocycles. The van der Waals surface area contributed by atoms with Crippen molar-refractivity contribution in [2.75, 3.05) is 6.16 Å². The van der Waals surface area contributed by atoms with E-state index in [9.17, 15) is 14.2 Å². The van der Waals surface area contributed by atoms with E-state index < -0.39 is 25.2 Å². The Morgan fingerprint density at radius 3 is 2.17 bits per heavy atom. The molecule has 2 unspecified atom stereocenters. The molecule has 7 heteroatoms. The molecule has 0 radical (unpaired) electrons. The van der Waals surface area contributed by atoms with Crippen molar-refractivity contribution in [1.29, 1.82) is 0 Å². The predicted molar refractivity (Wildman–Crippen MR) is 115 cm³/mol. The highest BCUT2D eigenvalue weighted by Gasteiger charge is 2.41. The lowest BCUT2D eigenvalue weighted by Crippen LogP contribution is -2.31. The molecule has 1 aliphatic heterocycles. The summed E-state index contributed by atoms with van der Waals surface area (Å²) in [5.41, 5.74) is 1.66. The molecule has 0 aliphatic carbocycles. The minimum atomic E-state index is -3.49. The number of benzene rings is 2. The number of hydrogen-bond acceptors (Lipinski definition) is 6. The third-order valence-corrected chi connectivity index (χ3v) is 7.16. The van der Waals surface area contributed by atoms with E-state index in [1.165, 1.54) is 0 Å². The van der Waals surface area contributed by atoms with E-state index >= 15 is 0 Å². The van der Waals surface area contributed by atoms with Gasteiger partial charge in [0.1, 0.15) is 5.75 Å². The molecule has 0 aromatic heterocycles. The van der Waals surface area contributed by atoms with Gasteiger partial charge in [-0.1, -0.05) is 36.4 Å². The van der Waals surface area contributed by atoms with E-state index in [2.05, 4.69) is 0 Å². The number of rotatable bonds is 7. The number of para-hydroxylation sites is 1. The largest absolute Gasteiger partial charge is 0.463 e. The molecule has 30 heavy (non-hydrogen) atoms. The second kappa shape index (κ2) is 9.05. The van der Waals surface area contributed by atoms with Gasteiger partial charge in [0.25, 0.3) is 7.37 Å². The molecule has 6 nitrogen and oxygen atoms in total. The zero-order valence-electron chi connectivity index (χ0n) is 17.7. The van der Waals surface area contributed by atoms with Crippen LogP contribution in [0.15, 0.2) is 48.5 Å². The summed E-state index contributed by atoms with van der Waals surface area (Å²) < 4.78 is 30.6. The highest BCUT2D eigenvalue weighted by atomic mass is 31.2. The summed E-state index contributed by atoms with van der Waals surface area (Å²) in [6.07, 6.45) is -1.03. The van der Waals surface area contributed by atoms with Gasteiger partial charge < -0.3 is 14.0 Å². The van der Waals surface area contributed by atoms with Crippen LogP contribution in [0.3, 0.4) is 0 Å². The highest BCUT2D eigenvalue weighted by Crippen LogP contribution is 2.55. The summed E-state index contributed by atoms with van der Waals surface area (Å²) in [5.74, 6) is -1.56. The number of esters is 2. The Morgan fingerprint density at radius 1 is 0.900 bits per heavy atom. The Balaban J connectivity index is 1.96. The Kier molecular flexibility index (Phi) is 6.67. The normalized spacial score (nSPS) is 18.2. The third kappa shape index (κ3) is 4.93. The maximum atomic E-state index is 14.0. The first kappa shape index (κ1) is 22.1. The molecule has 1 aliphatic rings. The Morgan fingerprint density at radius 2 is 1.50 bits per heavy atom. The van der Waals surface area contributed by atoms with Gasteiger partial charge in [-0.25, -0.2) is 0 Å². The maximum absolute atomic E-state index is 14.0. The van der Waals surface area contributed by atoms with Crippen LogP contribution < -0.4 is 9.83 Å². The standard InChI is InChI=1S/C23H27O6P/c1-15(2)27-22(24)13-17(23(25)28-16(3)4)14-30(26)21-12-8-6-10-19(21)18-9-5-7-11-20(18)29-30/h5-12,15-17H,13-14H2,1-4H3. The number of carbonyl (C=O) groups excluding carboxylic acids is 2. The first-order chi connectivity index (χ1) is 14.2. The van der Waals surface area contributed by atoms with Gasteiger partial charge in [0.15, 0.2) is 0 Å². The van der Waals surface area contributed by atoms with Crippen molar-refractivity contribution in [3.63, 3.8) is 0 Å². The number of ether oxygens (including phenoxy) is 2. The van der Waals surface area contributed by atoms with E-state index in [4.69, 9.17) is 14.0 Å². The fourth-order valence-corrected chi connectivity index (χ4v) is 6.04. The van der Waals surface area contributed by atoms with E-state index in [1.807, 2.05) is 30.3 Å². The summed E-state index contributed by atoms with van der Waals surface area (Å²) in [5, 5.41) is 0.545. The summed E-state index contributed by atoms with van der Waals surface area (Å²) >= 11 is 0. The van der Waals surface area contributed by atoms with Crippen LogP contribution in [0, 0.1) is 5.92 Å². The highest BCUT2D eigenvalue weighted by molar-refractivity contribution is 7.67. The van der Waals surface area contributed by atoms with E-state index in [-0.39, 0.29) is 24.8 Å². The molecule has 0 fully saturated rings. The zero-order valence-corrected chi connectivity index (χ0v) is 18.6. The van der Waals surface area contributed by atoms with Crippen LogP contribution in [-0.4, -0.2) is 30.3 Å². The molecule has 2 atom stereocenters. The molecule has 0 amide bonds. The average molecular weight is 430 g/mol. The SMILES string of the molecule is CC(C)OC(=O)CC(CP1(=O)Oc2ccccc2-c2ccccc21)C(=O)OC(C)C. The van der Waals surface area contributed by atoms with Gasteiger partial charge in [-0.15, -0.1) is 0 Å². The van der Waals surface area contributed by atoms with Crippen LogP contribution in [0.25, 0.3) is 11.1 Å². The van der Waals surface area contributed by atoms with Crippen LogP contribution >= 0.6 is 7.37 Å². The lowest BCUT2D eigenvalue weighted by molar-refractivity contribution is -0.158. The molecule has 3 rings (SSSR count). The van der Waals surface area contributed by atoms with Gasteiger partial charge in [0.2, 0.25) is 0 Å². The fourth-order valence-electron chi connectivity index (χ4n) is 3.46. The fraction of sp³-hybridized carbons (Fsp3) is 0.391. The topological polar surface area (TPSA) is 78.9 Å². The van der Waals surface area contributed by atoms with Crippen molar-refractivity contribution in [3.8, 4) is 16.9 Å². The molecule has 0 N–H and O–H groups in total. The summed E-state index contributed by atoms with van der Waals surface area (Å²) in [6, 6.07) is 14.7. The molecule has 2 aromatic carbocycles. The van der Waals surface area contributed by atoms with Crippen molar-refractivity contribution in [1.82, 2.24) is 0 Å². The van der Waals surface area contributed by atoms with Gasteiger partial charge in [0, 0.05) is 5.56 Å². The van der Waals surface area contributed by atoms with Crippen LogP contribution in [0.2, 0.25) is 0 Å². The number of carbonyl (C=O) groups is 2. The first-order valence-corrected chi connectivity index (χ1v) is 11.9. The van der Waals surface area contributed by atoms with Crippen LogP contribution in [0.4, 0.5) is 0 Å². The molecular weight excluding hydrogens is 403 g/mol. The van der Waals surface area contributed by atoms with Gasteiger partial charge in [-0.2, -0.15) is 0 Å². The monoisotopic (exact) mass is 430 g/mol. The Labute approximate surface area is 177 Å². The first-order valence-electron chi connectivity index (χ1n) is 10.1. The summed E-state index contributed by atoms with van der Waals surface area (Å²) in [6.45, 7) is 6.93. The van der Waals surface area contributed by atoms with Gasteiger partial charge in [-0.3, -0.25) is 14.2 Å². The summed E-state index contributed by atoms with van der Waals surface area (Å²) in [4.78, 5) is 25.0. The van der Waals surface area contributed by atoms with Crippen LogP contribution in [0.5, 0.6) is 5.75 Å². The number of fused-ring (bicyclic) bond motifs is 3. The molecule has 0 bridgehead atoms. The molecule has 0 saturated heterocycles. The second-order valence-corrected chi connectivity index (χ2v) is 10.3. The van der Waals surface area contributed by atoms with Crippen LogP contribution in [0.1, 0.15) is 34.1 Å². The summed E-state index contributed by atoms with van der Waals surface area (Å²) in [7, 11) is -3.49. The van der Waals surface area contributed by atoms with Crippen molar-refractivity contribution in [2.45, 2.75) is 46.3 Å².